The zero-order valence-corrected chi connectivity index (χ0v) is 15.1. The van der Waals surface area contributed by atoms with Crippen LogP contribution >= 0.6 is 11.6 Å². The number of halogens is 1. The summed E-state index contributed by atoms with van der Waals surface area (Å²) in [6.45, 7) is 3.78. The summed E-state index contributed by atoms with van der Waals surface area (Å²) in [6, 6.07) is 14.8. The summed E-state index contributed by atoms with van der Waals surface area (Å²) < 4.78 is 5.25. The molecule has 1 N–H and O–H groups in total. The molecular weight excluding hydrogens is 336 g/mol. The SMILES string of the molecule is COc1ccc2nc(C)c(C(=O)N[C@H](C)c3ccc(Cl)cc3)cc2c1. The second-order valence-corrected chi connectivity index (χ2v) is 6.36. The molecule has 0 radical (unpaired) electrons. The number of hydrogen-bond donors (Lipinski definition) is 1. The fourth-order valence-electron chi connectivity index (χ4n) is 2.72. The van der Waals surface area contributed by atoms with E-state index in [2.05, 4.69) is 10.3 Å². The number of ether oxygens (including phenoxy) is 1. The van der Waals surface area contributed by atoms with Crippen LogP contribution in [0.1, 0.15) is 34.6 Å². The van der Waals surface area contributed by atoms with E-state index in [-0.39, 0.29) is 11.9 Å². The molecule has 1 atom stereocenters. The Balaban J connectivity index is 1.88. The summed E-state index contributed by atoms with van der Waals surface area (Å²) in [5, 5.41) is 4.55. The van der Waals surface area contributed by atoms with Crippen molar-refractivity contribution >= 4 is 28.4 Å². The Hall–Kier alpha value is -2.59. The first-order chi connectivity index (χ1) is 12.0. The molecule has 1 aromatic heterocycles. The van der Waals surface area contributed by atoms with Gasteiger partial charge in [-0.25, -0.2) is 0 Å². The summed E-state index contributed by atoms with van der Waals surface area (Å²) in [4.78, 5) is 17.2. The Morgan fingerprint density at radius 3 is 2.56 bits per heavy atom. The van der Waals surface area contributed by atoms with E-state index in [1.165, 1.54) is 0 Å². The Morgan fingerprint density at radius 2 is 1.88 bits per heavy atom. The van der Waals surface area contributed by atoms with Crippen LogP contribution in [-0.4, -0.2) is 18.0 Å². The number of nitrogens with one attached hydrogen (secondary N) is 1. The highest BCUT2D eigenvalue weighted by Gasteiger charge is 2.15. The van der Waals surface area contributed by atoms with Gasteiger partial charge in [-0.15, -0.1) is 0 Å². The largest absolute Gasteiger partial charge is 0.497 e. The van der Waals surface area contributed by atoms with Crippen molar-refractivity contribution in [2.45, 2.75) is 19.9 Å². The van der Waals surface area contributed by atoms with Crippen LogP contribution in [0.15, 0.2) is 48.5 Å². The van der Waals surface area contributed by atoms with Gasteiger partial charge in [0.15, 0.2) is 0 Å². The first-order valence-electron chi connectivity index (χ1n) is 7.99. The van der Waals surface area contributed by atoms with Gasteiger partial charge in [0.05, 0.1) is 29.9 Å². The number of nitrogens with zero attached hydrogens (tertiary/aromatic N) is 1. The second-order valence-electron chi connectivity index (χ2n) is 5.93. The lowest BCUT2D eigenvalue weighted by atomic mass is 10.1. The molecule has 1 heterocycles. The van der Waals surface area contributed by atoms with Crippen LogP contribution in [0.4, 0.5) is 0 Å². The van der Waals surface area contributed by atoms with Crippen LogP contribution < -0.4 is 10.1 Å². The highest BCUT2D eigenvalue weighted by atomic mass is 35.5. The maximum atomic E-state index is 12.7. The van der Waals surface area contributed by atoms with Gasteiger partial charge in [0.2, 0.25) is 0 Å². The predicted molar refractivity (Wildman–Crippen MR) is 100 cm³/mol. The number of fused-ring (bicyclic) bond motifs is 1. The topological polar surface area (TPSA) is 51.2 Å². The number of amides is 1. The van der Waals surface area contributed by atoms with Gasteiger partial charge in [-0.2, -0.15) is 0 Å². The number of hydrogen-bond acceptors (Lipinski definition) is 3. The molecule has 0 saturated heterocycles. The number of carbonyl (C=O) groups excluding carboxylic acids is 1. The molecule has 4 nitrogen and oxygen atoms in total. The quantitative estimate of drug-likeness (QED) is 0.739. The normalized spacial score (nSPS) is 12.0. The molecule has 5 heteroatoms. The molecule has 0 saturated carbocycles. The molecule has 1 amide bonds. The average molecular weight is 355 g/mol. The third-order valence-corrected chi connectivity index (χ3v) is 4.43. The summed E-state index contributed by atoms with van der Waals surface area (Å²) in [7, 11) is 1.62. The minimum atomic E-state index is -0.155. The number of aromatic nitrogens is 1. The second kappa shape index (κ2) is 7.11. The lowest BCUT2D eigenvalue weighted by Gasteiger charge is -2.16. The third-order valence-electron chi connectivity index (χ3n) is 4.17. The Kier molecular flexibility index (Phi) is 4.91. The van der Waals surface area contributed by atoms with Crippen molar-refractivity contribution in [2.75, 3.05) is 7.11 Å². The number of pyridine rings is 1. The van der Waals surface area contributed by atoms with Crippen LogP contribution in [0.2, 0.25) is 5.02 Å². The molecule has 0 aliphatic carbocycles. The van der Waals surface area contributed by atoms with Crippen molar-refractivity contribution in [1.82, 2.24) is 10.3 Å². The Bertz CT molecular complexity index is 923. The molecule has 0 aliphatic heterocycles. The fourth-order valence-corrected chi connectivity index (χ4v) is 2.84. The molecule has 128 valence electrons. The zero-order chi connectivity index (χ0) is 18.0. The van der Waals surface area contributed by atoms with E-state index >= 15 is 0 Å². The first kappa shape index (κ1) is 17.2. The Labute approximate surface area is 151 Å². The van der Waals surface area contributed by atoms with Gasteiger partial charge in [0.1, 0.15) is 5.75 Å². The molecule has 0 fully saturated rings. The van der Waals surface area contributed by atoms with Crippen LogP contribution in [0.25, 0.3) is 10.9 Å². The van der Waals surface area contributed by atoms with Crippen molar-refractivity contribution in [2.24, 2.45) is 0 Å². The van der Waals surface area contributed by atoms with Gasteiger partial charge in [-0.1, -0.05) is 23.7 Å². The van der Waals surface area contributed by atoms with Crippen molar-refractivity contribution < 1.29 is 9.53 Å². The van der Waals surface area contributed by atoms with Gasteiger partial charge in [0.25, 0.3) is 5.91 Å². The monoisotopic (exact) mass is 354 g/mol. The number of aryl methyl sites for hydroxylation is 1. The average Bonchev–Trinajstić information content (AvgIpc) is 2.61. The van der Waals surface area contributed by atoms with Gasteiger partial charge >= 0.3 is 0 Å². The van der Waals surface area contributed by atoms with E-state index in [0.29, 0.717) is 16.3 Å². The van der Waals surface area contributed by atoms with Gasteiger partial charge in [-0.05, 0) is 55.8 Å². The van der Waals surface area contributed by atoms with Crippen molar-refractivity contribution in [1.29, 1.82) is 0 Å². The van der Waals surface area contributed by atoms with Crippen molar-refractivity contribution in [3.63, 3.8) is 0 Å². The number of benzene rings is 2. The van der Waals surface area contributed by atoms with E-state index in [1.54, 1.807) is 7.11 Å². The van der Waals surface area contributed by atoms with Crippen LogP contribution in [-0.2, 0) is 0 Å². The molecule has 3 aromatic rings. The standard InChI is InChI=1S/C20H19ClN2O2/c1-12(14-4-6-16(21)7-5-14)23-20(24)18-11-15-10-17(25-3)8-9-19(15)22-13(18)2/h4-12H,1-3H3,(H,23,24)/t12-/m1/s1. The molecular formula is C20H19ClN2O2. The molecule has 0 unspecified atom stereocenters. The number of carbonyl (C=O) groups is 1. The summed E-state index contributed by atoms with van der Waals surface area (Å²) >= 11 is 5.91. The fraction of sp³-hybridized carbons (Fsp3) is 0.200. The maximum Gasteiger partial charge on any atom is 0.253 e. The highest BCUT2D eigenvalue weighted by molar-refractivity contribution is 6.30. The van der Waals surface area contributed by atoms with Gasteiger partial charge < -0.3 is 10.1 Å². The van der Waals surface area contributed by atoms with Crippen LogP contribution in [0.3, 0.4) is 0 Å². The smallest absolute Gasteiger partial charge is 0.253 e. The highest BCUT2D eigenvalue weighted by Crippen LogP contribution is 2.23. The predicted octanol–water partition coefficient (Wildman–Crippen LogP) is 4.70. The van der Waals surface area contributed by atoms with Crippen molar-refractivity contribution in [3.05, 3.63) is 70.4 Å². The number of rotatable bonds is 4. The summed E-state index contributed by atoms with van der Waals surface area (Å²) in [5.74, 6) is 0.580. The molecule has 0 aliphatic rings. The van der Waals surface area contributed by atoms with E-state index in [9.17, 15) is 4.79 Å². The minimum Gasteiger partial charge on any atom is -0.497 e. The van der Waals surface area contributed by atoms with E-state index in [1.807, 2.05) is 62.4 Å². The van der Waals surface area contributed by atoms with E-state index < -0.39 is 0 Å². The molecule has 25 heavy (non-hydrogen) atoms. The minimum absolute atomic E-state index is 0.134. The summed E-state index contributed by atoms with van der Waals surface area (Å²) in [5.41, 5.74) is 3.08. The molecule has 2 aromatic carbocycles. The molecule has 3 rings (SSSR count). The number of methoxy groups -OCH3 is 1. The zero-order valence-electron chi connectivity index (χ0n) is 14.3. The van der Waals surface area contributed by atoms with Crippen LogP contribution in [0.5, 0.6) is 5.75 Å². The summed E-state index contributed by atoms with van der Waals surface area (Å²) in [6.07, 6.45) is 0. The first-order valence-corrected chi connectivity index (χ1v) is 8.37. The van der Waals surface area contributed by atoms with Gasteiger partial charge in [-0.3, -0.25) is 9.78 Å². The van der Waals surface area contributed by atoms with Gasteiger partial charge in [0, 0.05) is 10.4 Å². The molecule has 0 spiro atoms. The van der Waals surface area contributed by atoms with E-state index in [0.717, 1.165) is 22.2 Å². The van der Waals surface area contributed by atoms with E-state index in [4.69, 9.17) is 16.3 Å². The lowest BCUT2D eigenvalue weighted by Crippen LogP contribution is -2.27. The lowest BCUT2D eigenvalue weighted by molar-refractivity contribution is 0.0939. The Morgan fingerprint density at radius 1 is 1.16 bits per heavy atom. The third kappa shape index (κ3) is 3.74. The van der Waals surface area contributed by atoms with Crippen LogP contribution in [0, 0.1) is 6.92 Å². The molecule has 0 bridgehead atoms. The van der Waals surface area contributed by atoms with Crippen molar-refractivity contribution in [3.8, 4) is 5.75 Å². The maximum absolute atomic E-state index is 12.7.